The van der Waals surface area contributed by atoms with E-state index in [4.69, 9.17) is 15.6 Å². The molecule has 0 unspecified atom stereocenters. The van der Waals surface area contributed by atoms with Crippen molar-refractivity contribution in [2.75, 3.05) is 25.9 Å². The van der Waals surface area contributed by atoms with Crippen molar-refractivity contribution in [3.05, 3.63) is 23.8 Å². The molecule has 1 amide bonds. The molecule has 0 radical (unpaired) electrons. The average molecular weight is 222 g/mol. The monoisotopic (exact) mass is 222 g/mol. The number of carbonyl (C=O) groups excluding carboxylic acids is 1. The highest BCUT2D eigenvalue weighted by atomic mass is 16.5. The number of methoxy groups -OCH3 is 1. The molecule has 16 heavy (non-hydrogen) atoms. The van der Waals surface area contributed by atoms with Crippen LogP contribution in [-0.4, -0.2) is 42.2 Å². The van der Waals surface area contributed by atoms with E-state index in [0.717, 1.165) is 0 Å². The molecular formula is C11H14N2O3. The van der Waals surface area contributed by atoms with Crippen molar-refractivity contribution < 1.29 is 14.6 Å². The highest BCUT2D eigenvalue weighted by Gasteiger charge is 2.29. The molecule has 1 aliphatic heterocycles. The number of benzene rings is 1. The van der Waals surface area contributed by atoms with Crippen molar-refractivity contribution in [1.82, 2.24) is 4.90 Å². The lowest BCUT2D eigenvalue weighted by atomic mass is 10.1. The number of nitrogen functional groups attached to an aromatic ring is 1. The molecule has 1 fully saturated rings. The normalized spacial score (nSPS) is 15.8. The van der Waals surface area contributed by atoms with Gasteiger partial charge < -0.3 is 20.5 Å². The Morgan fingerprint density at radius 2 is 2.19 bits per heavy atom. The number of aliphatic hydroxyl groups excluding tert-OH is 1. The van der Waals surface area contributed by atoms with E-state index in [1.165, 1.54) is 7.11 Å². The third kappa shape index (κ3) is 1.94. The summed E-state index contributed by atoms with van der Waals surface area (Å²) >= 11 is 0. The second-order valence-electron chi connectivity index (χ2n) is 3.86. The van der Waals surface area contributed by atoms with Crippen molar-refractivity contribution in [1.29, 1.82) is 0 Å². The minimum absolute atomic E-state index is 0.129. The van der Waals surface area contributed by atoms with Gasteiger partial charge in [-0.3, -0.25) is 4.79 Å². The second-order valence-corrected chi connectivity index (χ2v) is 3.86. The molecule has 1 aliphatic rings. The summed E-state index contributed by atoms with van der Waals surface area (Å²) in [5, 5.41) is 9.13. The number of ether oxygens (including phenoxy) is 1. The fourth-order valence-corrected chi connectivity index (χ4v) is 1.67. The molecule has 0 saturated carbocycles. The number of amides is 1. The first-order chi connectivity index (χ1) is 7.60. The summed E-state index contributed by atoms with van der Waals surface area (Å²) < 4.78 is 5.04. The van der Waals surface area contributed by atoms with Gasteiger partial charge in [-0.2, -0.15) is 0 Å². The molecule has 86 valence electrons. The zero-order valence-electron chi connectivity index (χ0n) is 9.01. The molecule has 0 aromatic heterocycles. The van der Waals surface area contributed by atoms with E-state index in [2.05, 4.69) is 0 Å². The highest BCUT2D eigenvalue weighted by molar-refractivity contribution is 5.96. The van der Waals surface area contributed by atoms with Crippen LogP contribution in [-0.2, 0) is 0 Å². The van der Waals surface area contributed by atoms with Crippen LogP contribution < -0.4 is 10.5 Å². The van der Waals surface area contributed by atoms with E-state index >= 15 is 0 Å². The number of nitrogens with two attached hydrogens (primary N) is 1. The van der Waals surface area contributed by atoms with Gasteiger partial charge in [-0.1, -0.05) is 0 Å². The third-order valence-electron chi connectivity index (χ3n) is 2.56. The number of β-amino-alcohol motifs (C(OH)–C–C–N with tert-alkyl or cyclic N) is 1. The first-order valence-corrected chi connectivity index (χ1v) is 5.02. The van der Waals surface area contributed by atoms with Gasteiger partial charge in [-0.15, -0.1) is 0 Å². The highest BCUT2D eigenvalue weighted by Crippen LogP contribution is 2.21. The number of rotatable bonds is 2. The summed E-state index contributed by atoms with van der Waals surface area (Å²) in [5.74, 6) is 0.431. The van der Waals surface area contributed by atoms with Gasteiger partial charge in [0.15, 0.2) is 0 Å². The number of aliphatic hydroxyl groups is 1. The van der Waals surface area contributed by atoms with Crippen LogP contribution in [0.5, 0.6) is 5.75 Å². The lowest BCUT2D eigenvalue weighted by molar-refractivity contribution is 0.00588. The van der Waals surface area contributed by atoms with E-state index in [1.807, 2.05) is 0 Å². The molecule has 3 N–H and O–H groups in total. The van der Waals surface area contributed by atoms with Gasteiger partial charge in [0.05, 0.1) is 13.2 Å². The van der Waals surface area contributed by atoms with Crippen LogP contribution in [0.15, 0.2) is 18.2 Å². The van der Waals surface area contributed by atoms with Gasteiger partial charge >= 0.3 is 0 Å². The maximum absolute atomic E-state index is 11.9. The fourth-order valence-electron chi connectivity index (χ4n) is 1.67. The third-order valence-corrected chi connectivity index (χ3v) is 2.56. The summed E-state index contributed by atoms with van der Waals surface area (Å²) in [6.07, 6.45) is -0.396. The van der Waals surface area contributed by atoms with Crippen LogP contribution in [0.2, 0.25) is 0 Å². The molecular weight excluding hydrogens is 208 g/mol. The fraction of sp³-hybridized carbons (Fsp3) is 0.364. The number of carbonyl (C=O) groups is 1. The number of likely N-dealkylation sites (tertiary alicyclic amines) is 1. The molecule has 0 atom stereocenters. The van der Waals surface area contributed by atoms with E-state index in [0.29, 0.717) is 30.1 Å². The van der Waals surface area contributed by atoms with Crippen LogP contribution >= 0.6 is 0 Å². The Balaban J connectivity index is 2.19. The average Bonchev–Trinajstić information content (AvgIpc) is 2.23. The zero-order chi connectivity index (χ0) is 11.7. The Morgan fingerprint density at radius 1 is 1.50 bits per heavy atom. The summed E-state index contributed by atoms with van der Waals surface area (Å²) in [7, 11) is 1.52. The first-order valence-electron chi connectivity index (χ1n) is 5.02. The van der Waals surface area contributed by atoms with E-state index < -0.39 is 6.10 Å². The maximum atomic E-state index is 11.9. The first kappa shape index (κ1) is 10.8. The lowest BCUT2D eigenvalue weighted by Gasteiger charge is -2.35. The molecule has 5 nitrogen and oxygen atoms in total. The van der Waals surface area contributed by atoms with Gasteiger partial charge in [0, 0.05) is 30.4 Å². The topological polar surface area (TPSA) is 75.8 Å². The number of hydrogen-bond acceptors (Lipinski definition) is 4. The lowest BCUT2D eigenvalue weighted by Crippen LogP contribution is -2.53. The van der Waals surface area contributed by atoms with Crippen LogP contribution in [0.25, 0.3) is 0 Å². The predicted octanol–water partition coefficient (Wildman–Crippen LogP) is 0.0941. The smallest absolute Gasteiger partial charge is 0.254 e. The number of anilines is 1. The van der Waals surface area contributed by atoms with Crippen molar-refractivity contribution >= 4 is 11.6 Å². The second kappa shape index (κ2) is 4.02. The van der Waals surface area contributed by atoms with Crippen molar-refractivity contribution in [3.8, 4) is 5.75 Å². The number of nitrogens with zero attached hydrogens (tertiary/aromatic N) is 1. The number of hydrogen-bond donors (Lipinski definition) is 2. The van der Waals surface area contributed by atoms with Gasteiger partial charge in [0.25, 0.3) is 5.91 Å². The minimum Gasteiger partial charge on any atom is -0.497 e. The Morgan fingerprint density at radius 3 is 2.75 bits per heavy atom. The summed E-state index contributed by atoms with van der Waals surface area (Å²) in [6, 6.07) is 4.90. The standard InChI is InChI=1S/C11H14N2O3/c1-16-10-3-7(2-8(12)4-10)11(15)13-5-9(14)6-13/h2-4,9,14H,5-6,12H2,1H3. The van der Waals surface area contributed by atoms with Gasteiger partial charge in [-0.05, 0) is 12.1 Å². The summed E-state index contributed by atoms with van der Waals surface area (Å²) in [6.45, 7) is 0.770. The van der Waals surface area contributed by atoms with Crippen molar-refractivity contribution in [3.63, 3.8) is 0 Å². The van der Waals surface area contributed by atoms with E-state index in [1.54, 1.807) is 23.1 Å². The van der Waals surface area contributed by atoms with Crippen LogP contribution in [0.4, 0.5) is 5.69 Å². The molecule has 1 aromatic rings. The molecule has 1 saturated heterocycles. The Kier molecular flexibility index (Phi) is 2.70. The van der Waals surface area contributed by atoms with Crippen LogP contribution in [0.3, 0.4) is 0 Å². The summed E-state index contributed by atoms with van der Waals surface area (Å²) in [4.78, 5) is 13.5. The molecule has 1 heterocycles. The maximum Gasteiger partial charge on any atom is 0.254 e. The molecule has 0 aliphatic carbocycles. The Hall–Kier alpha value is -1.75. The van der Waals surface area contributed by atoms with Crippen molar-refractivity contribution in [2.24, 2.45) is 0 Å². The molecule has 5 heteroatoms. The zero-order valence-corrected chi connectivity index (χ0v) is 9.01. The van der Waals surface area contributed by atoms with Gasteiger partial charge in [0.1, 0.15) is 5.75 Å². The van der Waals surface area contributed by atoms with Gasteiger partial charge in [-0.25, -0.2) is 0 Å². The molecule has 1 aromatic carbocycles. The SMILES string of the molecule is COc1cc(N)cc(C(=O)N2CC(O)C2)c1. The Bertz CT molecular complexity index is 414. The van der Waals surface area contributed by atoms with E-state index in [-0.39, 0.29) is 5.91 Å². The predicted molar refractivity (Wildman–Crippen MR) is 59.3 cm³/mol. The molecule has 2 rings (SSSR count). The van der Waals surface area contributed by atoms with Crippen molar-refractivity contribution in [2.45, 2.75) is 6.10 Å². The van der Waals surface area contributed by atoms with E-state index in [9.17, 15) is 4.79 Å². The molecule has 0 bridgehead atoms. The Labute approximate surface area is 93.4 Å². The van der Waals surface area contributed by atoms with Crippen LogP contribution in [0.1, 0.15) is 10.4 Å². The minimum atomic E-state index is -0.396. The largest absolute Gasteiger partial charge is 0.497 e. The molecule has 0 spiro atoms. The summed E-state index contributed by atoms with van der Waals surface area (Å²) in [5.41, 5.74) is 6.64. The quantitative estimate of drug-likeness (QED) is 0.695. The van der Waals surface area contributed by atoms with Crippen LogP contribution in [0, 0.1) is 0 Å². The van der Waals surface area contributed by atoms with Gasteiger partial charge in [0.2, 0.25) is 0 Å².